The molecule has 0 aliphatic carbocycles. The number of sulfone groups is 1. The summed E-state index contributed by atoms with van der Waals surface area (Å²) in [4.78, 5) is 4.08. The average Bonchev–Trinajstić information content (AvgIpc) is 2.48. The molecule has 2 aromatic rings. The zero-order valence-electron chi connectivity index (χ0n) is 12.5. The smallest absolute Gasteiger partial charge is 0.202 e. The molecule has 1 aromatic carbocycles. The molecular formula is C17H21NO2S. The Kier molecular flexibility index (Phi) is 5.12. The second kappa shape index (κ2) is 6.85. The zero-order chi connectivity index (χ0) is 15.3. The predicted molar refractivity (Wildman–Crippen MR) is 84.9 cm³/mol. The summed E-state index contributed by atoms with van der Waals surface area (Å²) in [6.07, 6.45) is 4.03. The van der Waals surface area contributed by atoms with E-state index < -0.39 is 15.1 Å². The molecule has 0 N–H and O–H groups in total. The molecule has 0 aliphatic rings. The van der Waals surface area contributed by atoms with E-state index in [1.165, 1.54) is 0 Å². The summed E-state index contributed by atoms with van der Waals surface area (Å²) in [5.41, 5.74) is 1.75. The Morgan fingerprint density at radius 3 is 2.48 bits per heavy atom. The Bertz CT molecular complexity index is 681. The van der Waals surface area contributed by atoms with Crippen molar-refractivity contribution in [2.24, 2.45) is 0 Å². The maximum Gasteiger partial charge on any atom is 0.202 e. The van der Waals surface area contributed by atoms with Gasteiger partial charge in [-0.15, -0.1) is 0 Å². The van der Waals surface area contributed by atoms with Crippen molar-refractivity contribution in [2.45, 2.75) is 43.4 Å². The van der Waals surface area contributed by atoms with Gasteiger partial charge in [-0.05, 0) is 36.6 Å². The lowest BCUT2D eigenvalue weighted by molar-refractivity contribution is 0.565. The van der Waals surface area contributed by atoms with Gasteiger partial charge in [0, 0.05) is 6.20 Å². The first-order valence-electron chi connectivity index (χ1n) is 7.27. The monoisotopic (exact) mass is 303 g/mol. The van der Waals surface area contributed by atoms with Crippen molar-refractivity contribution < 1.29 is 8.42 Å². The maximum absolute atomic E-state index is 12.9. The summed E-state index contributed by atoms with van der Waals surface area (Å²) < 4.78 is 25.9. The topological polar surface area (TPSA) is 47.0 Å². The zero-order valence-corrected chi connectivity index (χ0v) is 13.3. The second-order valence-electron chi connectivity index (χ2n) is 5.26. The fraction of sp³-hybridized carbons (Fsp3) is 0.353. The summed E-state index contributed by atoms with van der Waals surface area (Å²) in [5.74, 6) is 0. The van der Waals surface area contributed by atoms with E-state index in [-0.39, 0.29) is 5.03 Å². The lowest BCUT2D eigenvalue weighted by Gasteiger charge is -2.17. The molecule has 1 atom stereocenters. The van der Waals surface area contributed by atoms with Crippen LogP contribution in [0.15, 0.2) is 53.7 Å². The van der Waals surface area contributed by atoms with Crippen LogP contribution in [0.25, 0.3) is 0 Å². The van der Waals surface area contributed by atoms with Crippen molar-refractivity contribution in [3.8, 4) is 0 Å². The summed E-state index contributed by atoms with van der Waals surface area (Å²) in [6, 6.07) is 12.9. The first-order chi connectivity index (χ1) is 10.1. The molecule has 4 heteroatoms. The first kappa shape index (κ1) is 15.7. The normalized spacial score (nSPS) is 13.0. The van der Waals surface area contributed by atoms with Crippen LogP contribution < -0.4 is 0 Å². The van der Waals surface area contributed by atoms with E-state index in [9.17, 15) is 8.42 Å². The molecule has 0 aliphatic heterocycles. The molecule has 0 radical (unpaired) electrons. The molecule has 0 spiro atoms. The van der Waals surface area contributed by atoms with Crippen LogP contribution in [0.5, 0.6) is 0 Å². The van der Waals surface area contributed by atoms with Crippen LogP contribution in [-0.2, 0) is 9.84 Å². The minimum Gasteiger partial charge on any atom is -0.245 e. The third kappa shape index (κ3) is 3.70. The van der Waals surface area contributed by atoms with Gasteiger partial charge in [-0.3, -0.25) is 0 Å². The van der Waals surface area contributed by atoms with Crippen LogP contribution in [-0.4, -0.2) is 13.4 Å². The Morgan fingerprint density at radius 1 is 1.14 bits per heavy atom. The molecule has 0 fully saturated rings. The van der Waals surface area contributed by atoms with E-state index in [0.717, 1.165) is 24.0 Å². The van der Waals surface area contributed by atoms with Gasteiger partial charge in [-0.1, -0.05) is 50.1 Å². The molecule has 2 rings (SSSR count). The van der Waals surface area contributed by atoms with Gasteiger partial charge in [0.2, 0.25) is 9.84 Å². The Labute approximate surface area is 127 Å². The van der Waals surface area contributed by atoms with Crippen LogP contribution in [0, 0.1) is 6.92 Å². The highest BCUT2D eigenvalue weighted by Crippen LogP contribution is 2.32. The summed E-state index contributed by atoms with van der Waals surface area (Å²) in [7, 11) is -3.46. The van der Waals surface area contributed by atoms with Gasteiger partial charge in [-0.2, -0.15) is 0 Å². The number of pyridine rings is 1. The number of hydrogen-bond donors (Lipinski definition) is 0. The highest BCUT2D eigenvalue weighted by molar-refractivity contribution is 7.91. The van der Waals surface area contributed by atoms with Crippen molar-refractivity contribution in [3.05, 3.63) is 59.8 Å². The lowest BCUT2D eigenvalue weighted by Crippen LogP contribution is -2.15. The van der Waals surface area contributed by atoms with E-state index >= 15 is 0 Å². The van der Waals surface area contributed by atoms with Crippen LogP contribution in [0.1, 0.15) is 42.6 Å². The van der Waals surface area contributed by atoms with Crippen LogP contribution in [0.4, 0.5) is 0 Å². The molecule has 3 nitrogen and oxygen atoms in total. The molecule has 112 valence electrons. The molecule has 0 bridgehead atoms. The maximum atomic E-state index is 12.9. The molecule has 0 saturated heterocycles. The van der Waals surface area contributed by atoms with Crippen LogP contribution in [0.2, 0.25) is 0 Å². The standard InChI is InChI=1S/C17H21NO2S/c1-3-4-10-16(15-8-6-5-7-9-15)21(19,20)17-13-14(2)11-12-18-17/h5-9,11-13,16H,3-4,10H2,1-2H3. The first-order valence-corrected chi connectivity index (χ1v) is 8.82. The van der Waals surface area contributed by atoms with E-state index in [1.807, 2.05) is 43.3 Å². The molecule has 1 heterocycles. The molecule has 0 amide bonds. The number of unbranched alkanes of at least 4 members (excludes halogenated alkanes) is 1. The fourth-order valence-corrected chi connectivity index (χ4v) is 4.21. The molecular weight excluding hydrogens is 282 g/mol. The highest BCUT2D eigenvalue weighted by Gasteiger charge is 2.29. The predicted octanol–water partition coefficient (Wildman–Crippen LogP) is 4.10. The quantitative estimate of drug-likeness (QED) is 0.807. The Balaban J connectivity index is 2.44. The lowest BCUT2D eigenvalue weighted by atomic mass is 10.1. The summed E-state index contributed by atoms with van der Waals surface area (Å²) in [5, 5.41) is -0.347. The van der Waals surface area contributed by atoms with Gasteiger partial charge in [0.05, 0.1) is 5.25 Å². The number of nitrogens with zero attached hydrogens (tertiary/aromatic N) is 1. The number of benzene rings is 1. The van der Waals surface area contributed by atoms with E-state index in [4.69, 9.17) is 0 Å². The fourth-order valence-electron chi connectivity index (χ4n) is 2.37. The van der Waals surface area contributed by atoms with E-state index in [0.29, 0.717) is 6.42 Å². The van der Waals surface area contributed by atoms with E-state index in [2.05, 4.69) is 11.9 Å². The van der Waals surface area contributed by atoms with E-state index in [1.54, 1.807) is 12.3 Å². The van der Waals surface area contributed by atoms with Crippen molar-refractivity contribution in [2.75, 3.05) is 0 Å². The number of rotatable bonds is 6. The molecule has 0 saturated carbocycles. The Hall–Kier alpha value is -1.68. The van der Waals surface area contributed by atoms with Crippen molar-refractivity contribution >= 4 is 9.84 Å². The van der Waals surface area contributed by atoms with Gasteiger partial charge >= 0.3 is 0 Å². The molecule has 1 unspecified atom stereocenters. The van der Waals surface area contributed by atoms with Crippen LogP contribution in [0.3, 0.4) is 0 Å². The third-order valence-electron chi connectivity index (χ3n) is 3.55. The van der Waals surface area contributed by atoms with Crippen LogP contribution >= 0.6 is 0 Å². The van der Waals surface area contributed by atoms with Gasteiger partial charge in [0.15, 0.2) is 5.03 Å². The SMILES string of the molecule is CCCCC(c1ccccc1)S(=O)(=O)c1cc(C)ccn1. The summed E-state index contributed by atoms with van der Waals surface area (Å²) in [6.45, 7) is 3.95. The minimum absolute atomic E-state index is 0.174. The molecule has 21 heavy (non-hydrogen) atoms. The highest BCUT2D eigenvalue weighted by atomic mass is 32.2. The minimum atomic E-state index is -3.46. The van der Waals surface area contributed by atoms with Crippen molar-refractivity contribution in [3.63, 3.8) is 0 Å². The number of aromatic nitrogens is 1. The van der Waals surface area contributed by atoms with Gasteiger partial charge in [-0.25, -0.2) is 13.4 Å². The third-order valence-corrected chi connectivity index (χ3v) is 5.61. The Morgan fingerprint density at radius 2 is 1.86 bits per heavy atom. The van der Waals surface area contributed by atoms with Crippen molar-refractivity contribution in [1.29, 1.82) is 0 Å². The largest absolute Gasteiger partial charge is 0.245 e. The van der Waals surface area contributed by atoms with Gasteiger partial charge < -0.3 is 0 Å². The van der Waals surface area contributed by atoms with Crippen molar-refractivity contribution in [1.82, 2.24) is 4.98 Å². The number of aryl methyl sites for hydroxylation is 1. The number of hydrogen-bond acceptors (Lipinski definition) is 3. The molecule has 1 aromatic heterocycles. The second-order valence-corrected chi connectivity index (χ2v) is 7.34. The van der Waals surface area contributed by atoms with Gasteiger partial charge in [0.1, 0.15) is 0 Å². The van der Waals surface area contributed by atoms with Gasteiger partial charge in [0.25, 0.3) is 0 Å². The average molecular weight is 303 g/mol. The summed E-state index contributed by atoms with van der Waals surface area (Å²) >= 11 is 0.